The van der Waals surface area contributed by atoms with Gasteiger partial charge in [0.15, 0.2) is 5.82 Å². The van der Waals surface area contributed by atoms with Crippen LogP contribution in [-0.4, -0.2) is 18.4 Å². The van der Waals surface area contributed by atoms with Gasteiger partial charge in [-0.25, -0.2) is 13.4 Å². The van der Waals surface area contributed by atoms with Crippen LogP contribution in [0.4, 0.5) is 19.0 Å². The number of nitrogens with zero attached hydrogens (tertiary/aromatic N) is 2. The SMILES string of the molecule is Cc1cc2nc(NNS(=O)(=O)c3ccccc3C(F)(F)F)cnc2cc1C(C)C. The number of hydrazine groups is 1. The molecule has 6 nitrogen and oxygen atoms in total. The number of nitrogens with one attached hydrogen (secondary N) is 2. The molecule has 1 heterocycles. The fourth-order valence-corrected chi connectivity index (χ4v) is 4.05. The molecule has 0 atom stereocenters. The van der Waals surface area contributed by atoms with Gasteiger partial charge in [-0.05, 0) is 48.2 Å². The minimum absolute atomic E-state index is 0.0576. The number of aryl methyl sites for hydroxylation is 1. The highest BCUT2D eigenvalue weighted by molar-refractivity contribution is 7.89. The first-order chi connectivity index (χ1) is 13.5. The molecule has 0 unspecified atom stereocenters. The minimum atomic E-state index is -4.81. The second-order valence-corrected chi connectivity index (χ2v) is 8.48. The van der Waals surface area contributed by atoms with Crippen LogP contribution in [0.15, 0.2) is 47.5 Å². The van der Waals surface area contributed by atoms with Crippen molar-refractivity contribution in [3.8, 4) is 0 Å². The van der Waals surface area contributed by atoms with Crippen molar-refractivity contribution in [3.63, 3.8) is 0 Å². The average Bonchev–Trinajstić information content (AvgIpc) is 2.65. The molecule has 0 fully saturated rings. The second-order valence-electron chi connectivity index (χ2n) is 6.83. The Balaban J connectivity index is 1.88. The number of rotatable bonds is 5. The highest BCUT2D eigenvalue weighted by Crippen LogP contribution is 2.33. The van der Waals surface area contributed by atoms with E-state index in [1.54, 1.807) is 0 Å². The maximum atomic E-state index is 13.1. The molecule has 2 N–H and O–H groups in total. The molecule has 3 aromatic rings. The molecule has 154 valence electrons. The largest absolute Gasteiger partial charge is 0.417 e. The van der Waals surface area contributed by atoms with Crippen LogP contribution < -0.4 is 10.3 Å². The number of hydrogen-bond donors (Lipinski definition) is 2. The summed E-state index contributed by atoms with van der Waals surface area (Å²) >= 11 is 0. The van der Waals surface area contributed by atoms with Gasteiger partial charge in [0.2, 0.25) is 0 Å². The first-order valence-corrected chi connectivity index (χ1v) is 10.2. The molecule has 0 radical (unpaired) electrons. The van der Waals surface area contributed by atoms with Crippen LogP contribution in [0.3, 0.4) is 0 Å². The van der Waals surface area contributed by atoms with Crippen LogP contribution in [0.25, 0.3) is 11.0 Å². The number of benzene rings is 2. The number of halogens is 3. The summed E-state index contributed by atoms with van der Waals surface area (Å²) in [5.74, 6) is 0.363. The van der Waals surface area contributed by atoms with Crippen LogP contribution in [0.5, 0.6) is 0 Å². The molecule has 29 heavy (non-hydrogen) atoms. The Hall–Kier alpha value is -2.72. The Morgan fingerprint density at radius 1 is 1.07 bits per heavy atom. The van der Waals surface area contributed by atoms with Crippen molar-refractivity contribution in [1.82, 2.24) is 14.8 Å². The van der Waals surface area contributed by atoms with E-state index in [2.05, 4.69) is 29.2 Å². The fourth-order valence-electron chi connectivity index (χ4n) is 2.97. The van der Waals surface area contributed by atoms with Gasteiger partial charge in [0.25, 0.3) is 10.0 Å². The topological polar surface area (TPSA) is 84.0 Å². The van der Waals surface area contributed by atoms with Crippen molar-refractivity contribution in [1.29, 1.82) is 0 Å². The zero-order chi connectivity index (χ0) is 21.4. The lowest BCUT2D eigenvalue weighted by Crippen LogP contribution is -2.31. The maximum Gasteiger partial charge on any atom is 0.417 e. The number of sulfonamides is 1. The standard InChI is InChI=1S/C19H19F3N4O2S/c1-11(2)13-9-15-16(8-12(13)3)24-18(10-23-15)25-26-29(27,28)17-7-5-4-6-14(17)19(20,21)22/h4-11,26H,1-3H3,(H,24,25). The Morgan fingerprint density at radius 3 is 2.41 bits per heavy atom. The average molecular weight is 424 g/mol. The zero-order valence-electron chi connectivity index (χ0n) is 15.9. The van der Waals surface area contributed by atoms with Crippen molar-refractivity contribution in [2.75, 3.05) is 5.43 Å². The monoisotopic (exact) mass is 424 g/mol. The molecule has 1 aromatic heterocycles. The van der Waals surface area contributed by atoms with E-state index in [1.807, 2.05) is 23.9 Å². The van der Waals surface area contributed by atoms with Crippen LogP contribution in [-0.2, 0) is 16.2 Å². The lowest BCUT2D eigenvalue weighted by molar-refractivity contribution is -0.139. The van der Waals surface area contributed by atoms with Gasteiger partial charge >= 0.3 is 6.18 Å². The van der Waals surface area contributed by atoms with Gasteiger partial charge in [-0.3, -0.25) is 10.4 Å². The van der Waals surface area contributed by atoms with E-state index in [0.29, 0.717) is 23.0 Å². The molecule has 0 aliphatic heterocycles. The van der Waals surface area contributed by atoms with Gasteiger partial charge in [0, 0.05) is 0 Å². The summed E-state index contributed by atoms with van der Waals surface area (Å²) in [4.78, 5) is 9.59. The third kappa shape index (κ3) is 4.48. The normalized spacial score (nSPS) is 12.5. The molecular weight excluding hydrogens is 405 g/mol. The van der Waals surface area contributed by atoms with Gasteiger partial charge < -0.3 is 0 Å². The number of alkyl halides is 3. The van der Waals surface area contributed by atoms with Gasteiger partial charge in [-0.1, -0.05) is 26.0 Å². The van der Waals surface area contributed by atoms with Crippen LogP contribution >= 0.6 is 0 Å². The number of anilines is 1. The summed E-state index contributed by atoms with van der Waals surface area (Å²) in [5.41, 5.74) is 4.38. The smallest absolute Gasteiger partial charge is 0.291 e. The Morgan fingerprint density at radius 2 is 1.76 bits per heavy atom. The summed E-state index contributed by atoms with van der Waals surface area (Å²) in [7, 11) is -4.50. The molecule has 0 aliphatic rings. The van der Waals surface area contributed by atoms with E-state index < -0.39 is 26.7 Å². The molecule has 10 heteroatoms. The number of hydrogen-bond acceptors (Lipinski definition) is 5. The van der Waals surface area contributed by atoms with Gasteiger partial charge in [-0.15, -0.1) is 4.83 Å². The Bertz CT molecular complexity index is 1160. The molecule has 0 aliphatic carbocycles. The van der Waals surface area contributed by atoms with Crippen molar-refractivity contribution in [2.24, 2.45) is 0 Å². The molecule has 0 saturated carbocycles. The van der Waals surface area contributed by atoms with Crippen LogP contribution in [0, 0.1) is 6.92 Å². The first kappa shape index (κ1) is 21.0. The Labute approximate surface area is 166 Å². The van der Waals surface area contributed by atoms with Crippen molar-refractivity contribution in [2.45, 2.75) is 37.8 Å². The third-order valence-corrected chi connectivity index (χ3v) is 5.65. The maximum absolute atomic E-state index is 13.1. The predicted octanol–water partition coefficient (Wildman–Crippen LogP) is 4.39. The van der Waals surface area contributed by atoms with E-state index in [4.69, 9.17) is 0 Å². The van der Waals surface area contributed by atoms with E-state index >= 15 is 0 Å². The van der Waals surface area contributed by atoms with E-state index in [-0.39, 0.29) is 5.82 Å². The van der Waals surface area contributed by atoms with Crippen molar-refractivity contribution >= 4 is 26.9 Å². The van der Waals surface area contributed by atoms with Gasteiger partial charge in [0.05, 0.1) is 27.7 Å². The fraction of sp³-hybridized carbons (Fsp3) is 0.263. The number of aromatic nitrogens is 2. The lowest BCUT2D eigenvalue weighted by atomic mass is 9.97. The summed E-state index contributed by atoms with van der Waals surface area (Å²) in [5, 5.41) is 0. The van der Waals surface area contributed by atoms with E-state index in [1.165, 1.54) is 12.3 Å². The quantitative estimate of drug-likeness (QED) is 0.594. The second kappa shape index (κ2) is 7.60. The lowest BCUT2D eigenvalue weighted by Gasteiger charge is -2.15. The minimum Gasteiger partial charge on any atom is -0.291 e. The molecule has 0 amide bonds. The van der Waals surface area contributed by atoms with Gasteiger partial charge in [0.1, 0.15) is 0 Å². The third-order valence-electron chi connectivity index (χ3n) is 4.35. The van der Waals surface area contributed by atoms with Crippen molar-refractivity contribution in [3.05, 3.63) is 59.3 Å². The summed E-state index contributed by atoms with van der Waals surface area (Å²) < 4.78 is 64.1. The van der Waals surface area contributed by atoms with Crippen LogP contribution in [0.2, 0.25) is 0 Å². The number of fused-ring (bicyclic) bond motifs is 1. The zero-order valence-corrected chi connectivity index (χ0v) is 16.7. The molecule has 0 spiro atoms. The Kier molecular flexibility index (Phi) is 5.50. The van der Waals surface area contributed by atoms with Gasteiger partial charge in [-0.2, -0.15) is 13.2 Å². The van der Waals surface area contributed by atoms with E-state index in [9.17, 15) is 21.6 Å². The summed E-state index contributed by atoms with van der Waals surface area (Å²) in [6.45, 7) is 6.06. The summed E-state index contributed by atoms with van der Waals surface area (Å²) in [6, 6.07) is 7.67. The predicted molar refractivity (Wildman–Crippen MR) is 104 cm³/mol. The molecule has 3 rings (SSSR count). The highest BCUT2D eigenvalue weighted by atomic mass is 32.2. The molecule has 0 bridgehead atoms. The van der Waals surface area contributed by atoms with Crippen LogP contribution in [0.1, 0.15) is 36.5 Å². The van der Waals surface area contributed by atoms with Crippen molar-refractivity contribution < 1.29 is 21.6 Å². The molecular formula is C19H19F3N4O2S. The highest BCUT2D eigenvalue weighted by Gasteiger charge is 2.36. The summed E-state index contributed by atoms with van der Waals surface area (Å²) in [6.07, 6.45) is -3.50. The molecule has 2 aromatic carbocycles. The van der Waals surface area contributed by atoms with E-state index in [0.717, 1.165) is 23.3 Å². The molecule has 0 saturated heterocycles. The first-order valence-electron chi connectivity index (χ1n) is 8.70.